The lowest BCUT2D eigenvalue weighted by Gasteiger charge is -2.62. The number of ether oxygens (including phenoxy) is 2. The number of rotatable bonds is 22. The van der Waals surface area contributed by atoms with Crippen molar-refractivity contribution in [1.82, 2.24) is 10.6 Å². The molecular weight excluding hydrogens is 677 g/mol. The molecule has 0 heterocycles. The van der Waals surface area contributed by atoms with E-state index in [-0.39, 0.29) is 28.7 Å². The summed E-state index contributed by atoms with van der Waals surface area (Å²) in [5.41, 5.74) is 1.38. The lowest BCUT2D eigenvalue weighted by molar-refractivity contribution is -0.159. The first-order valence-corrected chi connectivity index (χ1v) is 22.2. The van der Waals surface area contributed by atoms with Gasteiger partial charge in [0.1, 0.15) is 17.3 Å². The molecule has 0 aromatic heterocycles. The highest BCUT2D eigenvalue weighted by molar-refractivity contribution is 5.79. The molecule has 5 rings (SSSR count). The summed E-state index contributed by atoms with van der Waals surface area (Å²) in [6.07, 6.45) is 19.7. The third kappa shape index (κ3) is 11.0. The molecule has 4 fully saturated rings. The predicted octanol–water partition coefficient (Wildman–Crippen LogP) is 9.14. The summed E-state index contributed by atoms with van der Waals surface area (Å²) >= 11 is 0. The third-order valence-electron chi connectivity index (χ3n) is 14.3. The van der Waals surface area contributed by atoms with E-state index in [1.807, 2.05) is 6.07 Å². The summed E-state index contributed by atoms with van der Waals surface area (Å²) in [5, 5.41) is 17.4. The molecule has 0 spiro atoms. The molecule has 3 N–H and O–H groups in total. The van der Waals surface area contributed by atoms with Gasteiger partial charge in [-0.3, -0.25) is 14.4 Å². The van der Waals surface area contributed by atoms with Crippen LogP contribution in [-0.4, -0.2) is 55.1 Å². The fourth-order valence-corrected chi connectivity index (χ4v) is 11.4. The van der Waals surface area contributed by atoms with E-state index in [1.54, 1.807) is 0 Å². The van der Waals surface area contributed by atoms with Gasteiger partial charge in [0.25, 0.3) is 0 Å². The SMILES string of the molecule is CCCCCNC(=O)CCCOc1cc(CCC[C@H]2C[C@]3(C)[C@@H](O)CC[C@H]3[C@@H]3CCC4CC(=O)CC[C@]4(C)[C@@H]23)cc(OCCCC(=O)NCCCCC)c1. The Bertz CT molecular complexity index is 1320. The molecule has 0 saturated heterocycles. The molecular formula is C46H74N2O6. The minimum atomic E-state index is -0.211. The van der Waals surface area contributed by atoms with Gasteiger partial charge in [-0.25, -0.2) is 0 Å². The summed E-state index contributed by atoms with van der Waals surface area (Å²) in [5.74, 6) is 5.05. The van der Waals surface area contributed by atoms with Crippen LogP contribution in [0.1, 0.15) is 162 Å². The fourth-order valence-electron chi connectivity index (χ4n) is 11.4. The highest BCUT2D eigenvalue weighted by atomic mass is 16.5. The molecule has 304 valence electrons. The second-order valence-corrected chi connectivity index (χ2v) is 18.1. The van der Waals surface area contributed by atoms with Crippen LogP contribution in [-0.2, 0) is 20.8 Å². The topological polar surface area (TPSA) is 114 Å². The first kappa shape index (κ1) is 42.5. The van der Waals surface area contributed by atoms with E-state index < -0.39 is 0 Å². The molecule has 1 aromatic carbocycles. The smallest absolute Gasteiger partial charge is 0.220 e. The van der Waals surface area contributed by atoms with Crippen molar-refractivity contribution in [3.63, 3.8) is 0 Å². The average Bonchev–Trinajstić information content (AvgIpc) is 3.45. The molecule has 54 heavy (non-hydrogen) atoms. The first-order valence-electron chi connectivity index (χ1n) is 22.2. The van der Waals surface area contributed by atoms with Gasteiger partial charge in [0.15, 0.2) is 0 Å². The Hall–Kier alpha value is -2.61. The zero-order valence-electron chi connectivity index (χ0n) is 34.4. The van der Waals surface area contributed by atoms with Crippen molar-refractivity contribution in [1.29, 1.82) is 0 Å². The number of benzene rings is 1. The number of carbonyl (C=O) groups excluding carboxylic acids is 3. The first-order chi connectivity index (χ1) is 26.1. The van der Waals surface area contributed by atoms with Crippen molar-refractivity contribution in [2.24, 2.45) is 40.4 Å². The highest BCUT2D eigenvalue weighted by Crippen LogP contribution is 2.68. The Labute approximate surface area is 327 Å². The number of hydrogen-bond donors (Lipinski definition) is 3. The maximum Gasteiger partial charge on any atom is 0.220 e. The van der Waals surface area contributed by atoms with Crippen molar-refractivity contribution in [3.05, 3.63) is 23.8 Å². The minimum Gasteiger partial charge on any atom is -0.493 e. The number of nitrogens with one attached hydrogen (secondary N) is 2. The fraction of sp³-hybridized carbons (Fsp3) is 0.804. The maximum absolute atomic E-state index is 12.6. The number of fused-ring (bicyclic) bond motifs is 5. The quantitative estimate of drug-likeness (QED) is 0.102. The largest absolute Gasteiger partial charge is 0.493 e. The lowest BCUT2D eigenvalue weighted by atomic mass is 9.42. The molecule has 8 nitrogen and oxygen atoms in total. The number of carbonyl (C=O) groups is 3. The average molecular weight is 751 g/mol. The number of aliphatic hydroxyl groups is 1. The van der Waals surface area contributed by atoms with Crippen molar-refractivity contribution in [2.45, 2.75) is 169 Å². The molecule has 8 heteroatoms. The molecule has 4 saturated carbocycles. The molecule has 8 atom stereocenters. The standard InChI is InChI=1S/C46H74N2O6/c1-5-7-9-24-47-42(51)16-12-26-53-37-28-33(29-38(31-37)54-27-13-17-43(52)48-25-10-8-6-2)14-11-15-34-32-46(4)40(20-21-41(46)50)39-19-18-35-30-36(49)22-23-45(35,3)44(34)39/h28-29,31,34-35,39-41,44,50H,5-27,30,32H2,1-4H3,(H,47,51)(H,48,52)/t34-,35?,39-,40-,41-,44-,45-,46-/m0/s1. The van der Waals surface area contributed by atoms with E-state index >= 15 is 0 Å². The van der Waals surface area contributed by atoms with Crippen LogP contribution in [0.2, 0.25) is 0 Å². The van der Waals surface area contributed by atoms with E-state index in [2.05, 4.69) is 50.5 Å². The van der Waals surface area contributed by atoms with Crippen LogP contribution in [0, 0.1) is 40.4 Å². The Morgan fingerprint density at radius 2 is 1.43 bits per heavy atom. The number of ketones is 1. The van der Waals surface area contributed by atoms with Gasteiger partial charge >= 0.3 is 0 Å². The van der Waals surface area contributed by atoms with E-state index in [9.17, 15) is 19.5 Å². The second-order valence-electron chi connectivity index (χ2n) is 18.1. The minimum absolute atomic E-state index is 0.00684. The van der Waals surface area contributed by atoms with E-state index in [4.69, 9.17) is 9.47 Å². The zero-order chi connectivity index (χ0) is 38.6. The van der Waals surface area contributed by atoms with Crippen LogP contribution in [0.4, 0.5) is 0 Å². The summed E-state index contributed by atoms with van der Waals surface area (Å²) in [6.45, 7) is 11.6. The number of Topliss-reactive ketones (excluding diaryl/α,β-unsaturated/α-hetero) is 1. The van der Waals surface area contributed by atoms with Gasteiger partial charge < -0.3 is 25.2 Å². The molecule has 1 unspecified atom stereocenters. The summed E-state index contributed by atoms with van der Waals surface area (Å²) < 4.78 is 12.5. The van der Waals surface area contributed by atoms with E-state index in [1.165, 1.54) is 18.4 Å². The molecule has 1 aromatic rings. The molecule has 4 aliphatic rings. The van der Waals surface area contributed by atoms with Gasteiger partial charge in [-0.05, 0) is 142 Å². The van der Waals surface area contributed by atoms with Crippen LogP contribution in [0.3, 0.4) is 0 Å². The van der Waals surface area contributed by atoms with Crippen molar-refractivity contribution in [3.8, 4) is 11.5 Å². The van der Waals surface area contributed by atoms with Gasteiger partial charge in [-0.1, -0.05) is 53.4 Å². The van der Waals surface area contributed by atoms with Crippen molar-refractivity contribution >= 4 is 17.6 Å². The predicted molar refractivity (Wildman–Crippen MR) is 216 cm³/mol. The molecule has 0 aliphatic heterocycles. The Morgan fingerprint density at radius 1 is 0.796 bits per heavy atom. The maximum atomic E-state index is 12.6. The summed E-state index contributed by atoms with van der Waals surface area (Å²) in [4.78, 5) is 37.2. The second kappa shape index (κ2) is 20.5. The Morgan fingerprint density at radius 3 is 2.04 bits per heavy atom. The molecule has 0 bridgehead atoms. The van der Waals surface area contributed by atoms with Crippen molar-refractivity contribution in [2.75, 3.05) is 26.3 Å². The highest BCUT2D eigenvalue weighted by Gasteiger charge is 2.62. The Balaban J connectivity index is 1.22. The molecule has 4 aliphatic carbocycles. The summed E-state index contributed by atoms with van der Waals surface area (Å²) in [7, 11) is 0. The third-order valence-corrected chi connectivity index (χ3v) is 14.3. The van der Waals surface area contributed by atoms with Gasteiger partial charge in [-0.2, -0.15) is 0 Å². The normalized spacial score (nSPS) is 30.2. The number of hydrogen-bond acceptors (Lipinski definition) is 6. The summed E-state index contributed by atoms with van der Waals surface area (Å²) in [6, 6.07) is 6.21. The van der Waals surface area contributed by atoms with Crippen LogP contribution in [0.25, 0.3) is 0 Å². The number of amides is 2. The number of aryl methyl sites for hydroxylation is 1. The Kier molecular flexibility index (Phi) is 16.2. The van der Waals surface area contributed by atoms with Crippen LogP contribution < -0.4 is 20.1 Å². The van der Waals surface area contributed by atoms with E-state index in [0.717, 1.165) is 121 Å². The zero-order valence-corrected chi connectivity index (χ0v) is 34.4. The van der Waals surface area contributed by atoms with Crippen LogP contribution in [0.5, 0.6) is 11.5 Å². The lowest BCUT2D eigenvalue weighted by Crippen LogP contribution is -2.57. The van der Waals surface area contributed by atoms with Gasteiger partial charge in [0, 0.05) is 44.8 Å². The monoisotopic (exact) mass is 751 g/mol. The molecule has 0 radical (unpaired) electrons. The van der Waals surface area contributed by atoms with E-state index in [0.29, 0.717) is 74.3 Å². The number of aliphatic hydroxyl groups excluding tert-OH is 1. The van der Waals surface area contributed by atoms with Gasteiger partial charge in [-0.15, -0.1) is 0 Å². The van der Waals surface area contributed by atoms with Crippen molar-refractivity contribution < 1.29 is 29.0 Å². The molecule has 2 amide bonds. The van der Waals surface area contributed by atoms with Gasteiger partial charge in [0.05, 0.1) is 19.3 Å². The van der Waals surface area contributed by atoms with Crippen LogP contribution in [0.15, 0.2) is 18.2 Å². The number of unbranched alkanes of at least 4 members (excludes halogenated alkanes) is 4. The van der Waals surface area contributed by atoms with Crippen LogP contribution >= 0.6 is 0 Å². The van der Waals surface area contributed by atoms with Gasteiger partial charge in [0.2, 0.25) is 11.8 Å².